The van der Waals surface area contributed by atoms with Gasteiger partial charge in [-0.15, -0.1) is 0 Å². The Morgan fingerprint density at radius 2 is 2.05 bits per heavy atom. The van der Waals surface area contributed by atoms with Crippen molar-refractivity contribution in [3.8, 4) is 5.69 Å². The van der Waals surface area contributed by atoms with Gasteiger partial charge < -0.3 is 5.11 Å². The normalized spacial score (nSPS) is 21.2. The van der Waals surface area contributed by atoms with E-state index in [2.05, 4.69) is 5.10 Å². The third kappa shape index (κ3) is 2.69. The molecule has 3 rings (SSSR count). The number of aliphatic hydroxyl groups is 1. The number of nitrogens with zero attached hydrogens (tertiary/aromatic N) is 2. The monoisotopic (exact) mass is 274 g/mol. The van der Waals surface area contributed by atoms with Gasteiger partial charge in [-0.3, -0.25) is 0 Å². The minimum absolute atomic E-state index is 0.299. The Kier molecular flexibility index (Phi) is 3.89. The lowest BCUT2D eigenvalue weighted by atomic mass is 10.1. The van der Waals surface area contributed by atoms with Crippen molar-refractivity contribution in [1.29, 1.82) is 0 Å². The highest BCUT2D eigenvalue weighted by atomic mass is 32.2. The summed E-state index contributed by atoms with van der Waals surface area (Å²) in [5.41, 5.74) is 1.90. The zero-order valence-corrected chi connectivity index (χ0v) is 11.6. The predicted octanol–water partition coefficient (Wildman–Crippen LogP) is 3.19. The second kappa shape index (κ2) is 5.80. The van der Waals surface area contributed by atoms with E-state index in [1.807, 2.05) is 52.8 Å². The molecule has 0 spiro atoms. The predicted molar refractivity (Wildman–Crippen MR) is 78.6 cm³/mol. The zero-order valence-electron chi connectivity index (χ0n) is 10.8. The number of thioether (sulfide) groups is 1. The van der Waals surface area contributed by atoms with E-state index in [4.69, 9.17) is 0 Å². The Bertz CT molecular complexity index is 520. The van der Waals surface area contributed by atoms with Crippen LogP contribution in [0.4, 0.5) is 0 Å². The van der Waals surface area contributed by atoms with Gasteiger partial charge in [0.1, 0.15) is 6.10 Å². The van der Waals surface area contributed by atoms with Crippen LogP contribution in [0.5, 0.6) is 0 Å². The van der Waals surface area contributed by atoms with Gasteiger partial charge in [0.15, 0.2) is 0 Å². The zero-order chi connectivity index (χ0) is 13.1. The summed E-state index contributed by atoms with van der Waals surface area (Å²) in [4.78, 5) is 0. The highest BCUT2D eigenvalue weighted by molar-refractivity contribution is 7.99. The maximum atomic E-state index is 10.6. The van der Waals surface area contributed by atoms with Gasteiger partial charge in [0.05, 0.1) is 11.4 Å². The molecule has 1 N–H and O–H groups in total. The molecule has 1 aliphatic rings. The molecule has 3 nitrogen and oxygen atoms in total. The standard InChI is InChI=1S/C15H18N2OS/c18-15(14-8-4-5-11-19-14)13-9-10-16-17(13)12-6-2-1-3-7-12/h1-3,6-7,9-10,14-15,18H,4-5,8,11H2. The van der Waals surface area contributed by atoms with E-state index in [0.29, 0.717) is 5.25 Å². The molecule has 2 unspecified atom stereocenters. The van der Waals surface area contributed by atoms with Crippen molar-refractivity contribution in [2.24, 2.45) is 0 Å². The Morgan fingerprint density at radius 3 is 2.79 bits per heavy atom. The molecule has 1 fully saturated rings. The molecule has 0 radical (unpaired) electrons. The minimum Gasteiger partial charge on any atom is -0.386 e. The molecular weight excluding hydrogens is 256 g/mol. The van der Waals surface area contributed by atoms with Crippen LogP contribution in [0.1, 0.15) is 31.1 Å². The average molecular weight is 274 g/mol. The van der Waals surface area contributed by atoms with Gasteiger partial charge in [-0.05, 0) is 36.8 Å². The molecule has 100 valence electrons. The lowest BCUT2D eigenvalue weighted by molar-refractivity contribution is 0.161. The van der Waals surface area contributed by atoms with E-state index < -0.39 is 6.10 Å². The molecule has 1 saturated heterocycles. The van der Waals surface area contributed by atoms with E-state index in [9.17, 15) is 5.11 Å². The van der Waals surface area contributed by atoms with Crippen molar-refractivity contribution >= 4 is 11.8 Å². The van der Waals surface area contributed by atoms with Crippen LogP contribution in [0.3, 0.4) is 0 Å². The Hall–Kier alpha value is -1.26. The number of benzene rings is 1. The quantitative estimate of drug-likeness (QED) is 0.934. The number of hydrogen-bond donors (Lipinski definition) is 1. The van der Waals surface area contributed by atoms with Gasteiger partial charge in [-0.1, -0.05) is 24.6 Å². The second-order valence-corrected chi connectivity index (χ2v) is 6.20. The molecule has 1 aromatic heterocycles. The number of para-hydroxylation sites is 1. The first kappa shape index (κ1) is 12.8. The topological polar surface area (TPSA) is 38.1 Å². The number of rotatable bonds is 3. The van der Waals surface area contributed by atoms with Crippen molar-refractivity contribution in [1.82, 2.24) is 9.78 Å². The highest BCUT2D eigenvalue weighted by Gasteiger charge is 2.26. The highest BCUT2D eigenvalue weighted by Crippen LogP contribution is 2.35. The Balaban J connectivity index is 1.87. The number of aromatic nitrogens is 2. The summed E-state index contributed by atoms with van der Waals surface area (Å²) in [6.45, 7) is 0. The fourth-order valence-corrected chi connectivity index (χ4v) is 3.86. The van der Waals surface area contributed by atoms with Crippen molar-refractivity contribution in [3.63, 3.8) is 0 Å². The summed E-state index contributed by atoms with van der Waals surface area (Å²) in [5, 5.41) is 15.2. The summed E-state index contributed by atoms with van der Waals surface area (Å²) in [7, 11) is 0. The molecule has 0 bridgehead atoms. The van der Waals surface area contributed by atoms with Crippen LogP contribution in [0, 0.1) is 0 Å². The van der Waals surface area contributed by atoms with E-state index in [1.165, 1.54) is 12.8 Å². The summed E-state index contributed by atoms with van der Waals surface area (Å²) in [5.74, 6) is 1.15. The molecular formula is C15H18N2OS. The molecule has 2 atom stereocenters. The minimum atomic E-state index is -0.437. The Morgan fingerprint density at radius 1 is 1.21 bits per heavy atom. The molecule has 0 aliphatic carbocycles. The van der Waals surface area contributed by atoms with Crippen LogP contribution in [0.15, 0.2) is 42.6 Å². The lowest BCUT2D eigenvalue weighted by Gasteiger charge is -2.26. The number of hydrogen-bond acceptors (Lipinski definition) is 3. The fourth-order valence-electron chi connectivity index (χ4n) is 2.53. The maximum absolute atomic E-state index is 10.6. The van der Waals surface area contributed by atoms with Crippen molar-refractivity contribution < 1.29 is 5.11 Å². The van der Waals surface area contributed by atoms with Gasteiger partial charge in [0.25, 0.3) is 0 Å². The van der Waals surface area contributed by atoms with Crippen LogP contribution in [-0.4, -0.2) is 25.9 Å². The smallest absolute Gasteiger partial charge is 0.108 e. The van der Waals surface area contributed by atoms with E-state index in [1.54, 1.807) is 6.20 Å². The lowest BCUT2D eigenvalue weighted by Crippen LogP contribution is -2.21. The summed E-state index contributed by atoms with van der Waals surface area (Å²) < 4.78 is 1.85. The molecule has 1 aromatic carbocycles. The van der Waals surface area contributed by atoms with E-state index >= 15 is 0 Å². The van der Waals surface area contributed by atoms with Crippen LogP contribution >= 0.6 is 11.8 Å². The first-order chi connectivity index (χ1) is 9.36. The number of aliphatic hydroxyl groups excluding tert-OH is 1. The first-order valence-electron chi connectivity index (χ1n) is 6.75. The van der Waals surface area contributed by atoms with Crippen LogP contribution in [-0.2, 0) is 0 Å². The molecule has 2 aromatic rings. The third-order valence-electron chi connectivity index (χ3n) is 3.54. The first-order valence-corrected chi connectivity index (χ1v) is 7.80. The van der Waals surface area contributed by atoms with Gasteiger partial charge >= 0.3 is 0 Å². The van der Waals surface area contributed by atoms with Crippen LogP contribution in [0.2, 0.25) is 0 Å². The summed E-state index contributed by atoms with van der Waals surface area (Å²) >= 11 is 1.88. The Labute approximate surface area is 117 Å². The average Bonchev–Trinajstić information content (AvgIpc) is 2.98. The van der Waals surface area contributed by atoms with Gasteiger partial charge in [0, 0.05) is 11.4 Å². The van der Waals surface area contributed by atoms with E-state index in [0.717, 1.165) is 23.6 Å². The van der Waals surface area contributed by atoms with Crippen LogP contribution < -0.4 is 0 Å². The largest absolute Gasteiger partial charge is 0.386 e. The molecule has 2 heterocycles. The van der Waals surface area contributed by atoms with Crippen molar-refractivity contribution in [2.75, 3.05) is 5.75 Å². The molecule has 0 amide bonds. The molecule has 4 heteroatoms. The molecule has 0 saturated carbocycles. The second-order valence-electron chi connectivity index (χ2n) is 4.85. The molecule has 19 heavy (non-hydrogen) atoms. The van der Waals surface area contributed by atoms with Gasteiger partial charge in [-0.2, -0.15) is 16.9 Å². The third-order valence-corrected chi connectivity index (χ3v) is 4.99. The van der Waals surface area contributed by atoms with Gasteiger partial charge in [0.2, 0.25) is 0 Å². The van der Waals surface area contributed by atoms with Crippen molar-refractivity contribution in [3.05, 3.63) is 48.3 Å². The fraction of sp³-hybridized carbons (Fsp3) is 0.400. The molecule has 1 aliphatic heterocycles. The summed E-state index contributed by atoms with van der Waals surface area (Å²) in [6.07, 6.45) is 4.90. The van der Waals surface area contributed by atoms with Crippen molar-refractivity contribution in [2.45, 2.75) is 30.6 Å². The van der Waals surface area contributed by atoms with Gasteiger partial charge in [-0.25, -0.2) is 4.68 Å². The summed E-state index contributed by atoms with van der Waals surface area (Å²) in [6, 6.07) is 11.9. The SMILES string of the molecule is OC(c1ccnn1-c1ccccc1)C1CCCCS1. The van der Waals surface area contributed by atoms with Crippen LogP contribution in [0.25, 0.3) is 5.69 Å². The maximum Gasteiger partial charge on any atom is 0.108 e. The van der Waals surface area contributed by atoms with E-state index in [-0.39, 0.29) is 0 Å².